The molecule has 1 heterocycles. The van der Waals surface area contributed by atoms with Crippen LogP contribution in [-0.4, -0.2) is 40.0 Å². The summed E-state index contributed by atoms with van der Waals surface area (Å²) in [5.74, 6) is 0.486. The maximum absolute atomic E-state index is 12.9. The highest BCUT2D eigenvalue weighted by Crippen LogP contribution is 2.21. The first kappa shape index (κ1) is 19.1. The number of fused-ring (bicyclic) bond motifs is 1. The number of carbonyl (C=O) groups excluding carboxylic acids is 1. The van der Waals surface area contributed by atoms with Gasteiger partial charge in [0.2, 0.25) is 5.95 Å². The minimum atomic E-state index is -0.119. The molecular weight excluding hydrogens is 336 g/mol. The second kappa shape index (κ2) is 8.35. The van der Waals surface area contributed by atoms with Crippen molar-refractivity contribution in [1.29, 1.82) is 0 Å². The van der Waals surface area contributed by atoms with Crippen LogP contribution in [0.1, 0.15) is 35.3 Å². The molecule has 1 N–H and O–H groups in total. The minimum Gasteiger partial charge on any atom is -0.309 e. The summed E-state index contributed by atoms with van der Waals surface area (Å²) >= 11 is 0. The molecule has 0 saturated carbocycles. The number of nitrogens with one attached hydrogen (secondary N) is 1. The Balaban J connectivity index is 1.90. The Hall–Kier alpha value is -2.66. The first-order chi connectivity index (χ1) is 13.0. The van der Waals surface area contributed by atoms with Crippen LogP contribution in [-0.2, 0) is 6.54 Å². The molecule has 0 unspecified atom stereocenters. The van der Waals surface area contributed by atoms with Crippen molar-refractivity contribution in [2.45, 2.75) is 34.2 Å². The summed E-state index contributed by atoms with van der Waals surface area (Å²) in [7, 11) is 0. The average molecular weight is 364 g/mol. The highest BCUT2D eigenvalue weighted by molar-refractivity contribution is 6.05. The van der Waals surface area contributed by atoms with E-state index in [1.165, 1.54) is 0 Å². The van der Waals surface area contributed by atoms with E-state index in [4.69, 9.17) is 0 Å². The van der Waals surface area contributed by atoms with Gasteiger partial charge in [0.05, 0.1) is 11.0 Å². The number of aryl methyl sites for hydroxylation is 2. The molecule has 0 aliphatic rings. The summed E-state index contributed by atoms with van der Waals surface area (Å²) < 4.78 is 2.11. The quantitative estimate of drug-likeness (QED) is 0.682. The predicted octanol–water partition coefficient (Wildman–Crippen LogP) is 4.25. The van der Waals surface area contributed by atoms with Gasteiger partial charge in [0, 0.05) is 18.7 Å². The van der Waals surface area contributed by atoms with Crippen LogP contribution >= 0.6 is 0 Å². The molecule has 0 radical (unpaired) electrons. The highest BCUT2D eigenvalue weighted by atomic mass is 16.1. The molecule has 27 heavy (non-hydrogen) atoms. The first-order valence-corrected chi connectivity index (χ1v) is 9.59. The van der Waals surface area contributed by atoms with Crippen LogP contribution in [0.25, 0.3) is 11.0 Å². The number of benzene rings is 2. The van der Waals surface area contributed by atoms with Crippen LogP contribution in [0.5, 0.6) is 0 Å². The van der Waals surface area contributed by atoms with Gasteiger partial charge in [0.1, 0.15) is 0 Å². The predicted molar refractivity (Wildman–Crippen MR) is 111 cm³/mol. The zero-order valence-corrected chi connectivity index (χ0v) is 16.6. The monoisotopic (exact) mass is 364 g/mol. The molecule has 0 atom stereocenters. The number of para-hydroxylation sites is 2. The average Bonchev–Trinajstić information content (AvgIpc) is 2.99. The Morgan fingerprint density at radius 1 is 1.11 bits per heavy atom. The molecule has 5 heteroatoms. The van der Waals surface area contributed by atoms with Gasteiger partial charge in [-0.3, -0.25) is 10.1 Å². The van der Waals surface area contributed by atoms with Gasteiger partial charge in [-0.05, 0) is 50.7 Å². The number of carbonyl (C=O) groups is 1. The van der Waals surface area contributed by atoms with Gasteiger partial charge < -0.3 is 9.47 Å². The fourth-order valence-corrected chi connectivity index (χ4v) is 3.42. The number of hydrogen-bond donors (Lipinski definition) is 1. The van der Waals surface area contributed by atoms with Gasteiger partial charge in [-0.15, -0.1) is 0 Å². The molecule has 1 aromatic heterocycles. The second-order valence-corrected chi connectivity index (χ2v) is 6.88. The Morgan fingerprint density at radius 2 is 1.85 bits per heavy atom. The molecular formula is C22H28N4O. The van der Waals surface area contributed by atoms with Crippen LogP contribution in [0.2, 0.25) is 0 Å². The molecule has 0 saturated heterocycles. The molecule has 1 amide bonds. The van der Waals surface area contributed by atoms with Gasteiger partial charge in [-0.25, -0.2) is 4.98 Å². The molecule has 0 fully saturated rings. The largest absolute Gasteiger partial charge is 0.309 e. The lowest BCUT2D eigenvalue weighted by atomic mass is 10.1. The maximum atomic E-state index is 12.9. The van der Waals surface area contributed by atoms with Crippen molar-refractivity contribution in [3.05, 3.63) is 59.2 Å². The summed E-state index contributed by atoms with van der Waals surface area (Å²) in [6.07, 6.45) is 0. The van der Waals surface area contributed by atoms with Crippen molar-refractivity contribution < 1.29 is 4.79 Å². The van der Waals surface area contributed by atoms with Crippen molar-refractivity contribution in [3.8, 4) is 0 Å². The van der Waals surface area contributed by atoms with E-state index in [1.807, 2.05) is 50.2 Å². The smallest absolute Gasteiger partial charge is 0.258 e. The summed E-state index contributed by atoms with van der Waals surface area (Å²) in [4.78, 5) is 19.9. The lowest BCUT2D eigenvalue weighted by Crippen LogP contribution is -2.27. The van der Waals surface area contributed by atoms with Gasteiger partial charge in [-0.2, -0.15) is 0 Å². The fourth-order valence-electron chi connectivity index (χ4n) is 3.42. The lowest BCUT2D eigenvalue weighted by Gasteiger charge is -2.19. The van der Waals surface area contributed by atoms with Gasteiger partial charge >= 0.3 is 0 Å². The van der Waals surface area contributed by atoms with Crippen LogP contribution in [0.15, 0.2) is 42.5 Å². The van der Waals surface area contributed by atoms with Crippen molar-refractivity contribution in [2.75, 3.05) is 25.0 Å². The van der Waals surface area contributed by atoms with E-state index in [1.54, 1.807) is 0 Å². The van der Waals surface area contributed by atoms with Gasteiger partial charge in [-0.1, -0.05) is 43.7 Å². The number of imidazole rings is 1. The van der Waals surface area contributed by atoms with E-state index in [-0.39, 0.29) is 5.91 Å². The number of anilines is 1. The highest BCUT2D eigenvalue weighted by Gasteiger charge is 2.16. The Labute approximate surface area is 161 Å². The molecule has 0 aliphatic heterocycles. The van der Waals surface area contributed by atoms with E-state index in [2.05, 4.69) is 39.7 Å². The third-order valence-corrected chi connectivity index (χ3v) is 5.04. The topological polar surface area (TPSA) is 50.2 Å². The van der Waals surface area contributed by atoms with Crippen molar-refractivity contribution in [1.82, 2.24) is 14.5 Å². The summed E-state index contributed by atoms with van der Waals surface area (Å²) in [5, 5.41) is 3.03. The minimum absolute atomic E-state index is 0.119. The normalized spacial score (nSPS) is 11.3. The zero-order valence-electron chi connectivity index (χ0n) is 16.6. The van der Waals surface area contributed by atoms with Crippen LogP contribution in [0.3, 0.4) is 0 Å². The van der Waals surface area contributed by atoms with Crippen molar-refractivity contribution >= 4 is 22.9 Å². The first-order valence-electron chi connectivity index (χ1n) is 9.59. The lowest BCUT2D eigenvalue weighted by molar-refractivity contribution is 0.102. The molecule has 3 rings (SSSR count). The van der Waals surface area contributed by atoms with Gasteiger partial charge in [0.25, 0.3) is 5.91 Å². The van der Waals surface area contributed by atoms with Gasteiger partial charge in [0.15, 0.2) is 0 Å². The molecule has 5 nitrogen and oxygen atoms in total. The summed E-state index contributed by atoms with van der Waals surface area (Å²) in [6, 6.07) is 13.9. The number of aromatic nitrogens is 2. The number of hydrogen-bond acceptors (Lipinski definition) is 3. The van der Waals surface area contributed by atoms with Crippen molar-refractivity contribution in [3.63, 3.8) is 0 Å². The Morgan fingerprint density at radius 3 is 2.56 bits per heavy atom. The number of amides is 1. The SMILES string of the molecule is CCN(CC)CCn1c(NC(=O)c2ccc(C)cc2C)nc2ccccc21. The second-order valence-electron chi connectivity index (χ2n) is 6.88. The summed E-state index contributed by atoms with van der Waals surface area (Å²) in [6.45, 7) is 12.0. The number of nitrogens with zero attached hydrogens (tertiary/aromatic N) is 3. The van der Waals surface area contributed by atoms with E-state index in [0.29, 0.717) is 11.5 Å². The molecule has 0 bridgehead atoms. The van der Waals surface area contributed by atoms with Crippen LogP contribution in [0.4, 0.5) is 5.95 Å². The maximum Gasteiger partial charge on any atom is 0.258 e. The van der Waals surface area contributed by atoms with Crippen LogP contribution in [0, 0.1) is 13.8 Å². The number of likely N-dealkylation sites (N-methyl/N-ethyl adjacent to an activating group) is 1. The van der Waals surface area contributed by atoms with Crippen LogP contribution < -0.4 is 5.32 Å². The molecule has 0 aliphatic carbocycles. The number of rotatable bonds is 7. The van der Waals surface area contributed by atoms with E-state index in [9.17, 15) is 4.79 Å². The third kappa shape index (κ3) is 4.19. The molecule has 0 spiro atoms. The Bertz CT molecular complexity index is 941. The van der Waals surface area contributed by atoms with E-state index in [0.717, 1.165) is 48.3 Å². The van der Waals surface area contributed by atoms with E-state index < -0.39 is 0 Å². The molecule has 2 aromatic carbocycles. The standard InChI is InChI=1S/C22H28N4O/c1-5-25(6-2)13-14-26-20-10-8-7-9-19(20)23-22(26)24-21(27)18-12-11-16(3)15-17(18)4/h7-12,15H,5-6,13-14H2,1-4H3,(H,23,24,27). The zero-order chi connectivity index (χ0) is 19.4. The molecule has 142 valence electrons. The summed E-state index contributed by atoms with van der Waals surface area (Å²) in [5.41, 5.74) is 4.74. The van der Waals surface area contributed by atoms with Crippen molar-refractivity contribution in [2.24, 2.45) is 0 Å². The van der Waals surface area contributed by atoms with E-state index >= 15 is 0 Å². The Kier molecular flexibility index (Phi) is 5.91. The molecule has 3 aromatic rings. The fraction of sp³-hybridized carbons (Fsp3) is 0.364. The third-order valence-electron chi connectivity index (χ3n) is 5.04.